The molecule has 1 N–H and O–H groups in total. The number of para-hydroxylation sites is 1. The minimum atomic E-state index is -0.354. The van der Waals surface area contributed by atoms with Gasteiger partial charge in [0, 0.05) is 5.56 Å². The molecule has 31 heavy (non-hydrogen) atoms. The fraction of sp³-hybridized carbons (Fsp3) is 0.200. The zero-order valence-electron chi connectivity index (χ0n) is 17.5. The molecule has 0 radical (unpaired) electrons. The van der Waals surface area contributed by atoms with Gasteiger partial charge in [-0.1, -0.05) is 49.4 Å². The number of nitrogens with one attached hydrogen (secondary N) is 1. The number of benzene rings is 3. The monoisotopic (exact) mass is 418 g/mol. The van der Waals surface area contributed by atoms with Gasteiger partial charge in [0.15, 0.2) is 6.61 Å². The largest absolute Gasteiger partial charge is 0.493 e. The van der Waals surface area contributed by atoms with Crippen LogP contribution >= 0.6 is 0 Å². The first kappa shape index (κ1) is 21.9. The Morgan fingerprint density at radius 3 is 2.29 bits per heavy atom. The van der Waals surface area contributed by atoms with Crippen LogP contribution in [0.2, 0.25) is 0 Å². The molecule has 0 spiro atoms. The van der Waals surface area contributed by atoms with Gasteiger partial charge >= 0.3 is 0 Å². The number of carbonyl (C=O) groups excluding carboxylic acids is 1. The summed E-state index contributed by atoms with van der Waals surface area (Å²) in [5, 5.41) is 3.99. The lowest BCUT2D eigenvalue weighted by Crippen LogP contribution is -2.24. The van der Waals surface area contributed by atoms with Crippen molar-refractivity contribution in [1.29, 1.82) is 0 Å². The third-order valence-corrected chi connectivity index (χ3v) is 4.22. The predicted octanol–water partition coefficient (Wildman–Crippen LogP) is 4.58. The summed E-state index contributed by atoms with van der Waals surface area (Å²) in [5.74, 6) is 1.68. The highest BCUT2D eigenvalue weighted by molar-refractivity contribution is 5.85. The van der Waals surface area contributed by atoms with Crippen LogP contribution in [0, 0.1) is 0 Å². The Morgan fingerprint density at radius 1 is 0.871 bits per heavy atom. The number of amides is 1. The first-order chi connectivity index (χ1) is 15.2. The molecule has 0 aliphatic carbocycles. The van der Waals surface area contributed by atoms with E-state index in [0.717, 1.165) is 29.0 Å². The molecule has 0 saturated carbocycles. The molecule has 0 unspecified atom stereocenters. The summed E-state index contributed by atoms with van der Waals surface area (Å²) in [5.41, 5.74) is 4.35. The van der Waals surface area contributed by atoms with Gasteiger partial charge in [-0.3, -0.25) is 4.79 Å². The predicted molar refractivity (Wildman–Crippen MR) is 121 cm³/mol. The fourth-order valence-electron chi connectivity index (χ4n) is 2.66. The average molecular weight is 418 g/mol. The first-order valence-electron chi connectivity index (χ1n) is 10.2. The Morgan fingerprint density at radius 2 is 1.55 bits per heavy atom. The molecule has 0 saturated heterocycles. The minimum Gasteiger partial charge on any atom is -0.493 e. The van der Waals surface area contributed by atoms with Crippen LogP contribution in [0.4, 0.5) is 0 Å². The molecule has 0 aliphatic heterocycles. The SMILES string of the molecule is CCCOc1ccccc1C=NNC(=O)COc1ccc(OCc2ccccc2)cc1. The number of hydrazone groups is 1. The Balaban J connectivity index is 1.42. The molecule has 3 aromatic carbocycles. The summed E-state index contributed by atoms with van der Waals surface area (Å²) in [6.07, 6.45) is 2.47. The van der Waals surface area contributed by atoms with Gasteiger partial charge in [0.05, 0.1) is 12.8 Å². The smallest absolute Gasteiger partial charge is 0.277 e. The van der Waals surface area contributed by atoms with Crippen molar-refractivity contribution in [1.82, 2.24) is 5.43 Å². The molecule has 0 bridgehead atoms. The van der Waals surface area contributed by atoms with Crippen molar-refractivity contribution in [2.45, 2.75) is 20.0 Å². The molecule has 3 rings (SSSR count). The van der Waals surface area contributed by atoms with Crippen LogP contribution in [0.25, 0.3) is 0 Å². The molecule has 1 amide bonds. The van der Waals surface area contributed by atoms with Crippen molar-refractivity contribution in [2.75, 3.05) is 13.2 Å². The van der Waals surface area contributed by atoms with Crippen LogP contribution in [0.1, 0.15) is 24.5 Å². The Bertz CT molecular complexity index is 972. The van der Waals surface area contributed by atoms with Crippen LogP contribution in [0.15, 0.2) is 84.0 Å². The number of ether oxygens (including phenoxy) is 3. The van der Waals surface area contributed by atoms with Crippen molar-refractivity contribution in [3.63, 3.8) is 0 Å². The highest BCUT2D eigenvalue weighted by atomic mass is 16.5. The lowest BCUT2D eigenvalue weighted by atomic mass is 10.2. The van der Waals surface area contributed by atoms with E-state index in [1.165, 1.54) is 0 Å². The van der Waals surface area contributed by atoms with Crippen LogP contribution in [0.5, 0.6) is 17.2 Å². The van der Waals surface area contributed by atoms with Gasteiger partial charge in [-0.05, 0) is 48.4 Å². The molecule has 0 aliphatic rings. The van der Waals surface area contributed by atoms with Crippen LogP contribution in [0.3, 0.4) is 0 Å². The summed E-state index contributed by atoms with van der Waals surface area (Å²) in [7, 11) is 0. The highest BCUT2D eigenvalue weighted by Gasteiger charge is 2.04. The maximum atomic E-state index is 12.0. The molecule has 0 aromatic heterocycles. The zero-order chi connectivity index (χ0) is 21.7. The Labute approximate surface area is 182 Å². The van der Waals surface area contributed by atoms with Crippen molar-refractivity contribution in [3.05, 3.63) is 90.0 Å². The third-order valence-electron chi connectivity index (χ3n) is 4.22. The van der Waals surface area contributed by atoms with Crippen molar-refractivity contribution in [2.24, 2.45) is 5.10 Å². The van der Waals surface area contributed by atoms with Gasteiger partial charge in [-0.2, -0.15) is 5.10 Å². The molecule has 6 heteroatoms. The van der Waals surface area contributed by atoms with E-state index in [4.69, 9.17) is 14.2 Å². The third kappa shape index (κ3) is 7.51. The van der Waals surface area contributed by atoms with E-state index in [-0.39, 0.29) is 12.5 Å². The maximum absolute atomic E-state index is 12.0. The van der Waals surface area contributed by atoms with Crippen molar-refractivity contribution < 1.29 is 19.0 Å². The van der Waals surface area contributed by atoms with E-state index in [2.05, 4.69) is 10.5 Å². The molecular weight excluding hydrogens is 392 g/mol. The highest BCUT2D eigenvalue weighted by Crippen LogP contribution is 2.19. The van der Waals surface area contributed by atoms with Crippen LogP contribution in [-0.4, -0.2) is 25.3 Å². The number of hydrogen-bond acceptors (Lipinski definition) is 5. The van der Waals surface area contributed by atoms with E-state index >= 15 is 0 Å². The Hall–Kier alpha value is -3.80. The van der Waals surface area contributed by atoms with E-state index in [1.807, 2.05) is 73.7 Å². The van der Waals surface area contributed by atoms with E-state index in [1.54, 1.807) is 18.3 Å². The van der Waals surface area contributed by atoms with E-state index in [0.29, 0.717) is 19.0 Å². The van der Waals surface area contributed by atoms with Crippen LogP contribution in [-0.2, 0) is 11.4 Å². The zero-order valence-corrected chi connectivity index (χ0v) is 17.5. The second-order valence-electron chi connectivity index (χ2n) is 6.71. The normalized spacial score (nSPS) is 10.6. The second-order valence-corrected chi connectivity index (χ2v) is 6.71. The summed E-state index contributed by atoms with van der Waals surface area (Å²) < 4.78 is 16.9. The lowest BCUT2D eigenvalue weighted by molar-refractivity contribution is -0.123. The van der Waals surface area contributed by atoms with E-state index in [9.17, 15) is 4.79 Å². The van der Waals surface area contributed by atoms with E-state index < -0.39 is 0 Å². The maximum Gasteiger partial charge on any atom is 0.277 e. The summed E-state index contributed by atoms with van der Waals surface area (Å²) in [6, 6.07) is 24.6. The first-order valence-corrected chi connectivity index (χ1v) is 10.2. The van der Waals surface area contributed by atoms with Gasteiger partial charge in [0.25, 0.3) is 5.91 Å². The molecule has 0 atom stereocenters. The molecule has 0 heterocycles. The second kappa shape index (κ2) is 12.0. The number of rotatable bonds is 11. The summed E-state index contributed by atoms with van der Waals surface area (Å²) in [6.45, 7) is 3.02. The number of hydrogen-bond donors (Lipinski definition) is 1. The quantitative estimate of drug-likeness (QED) is 0.365. The molecule has 3 aromatic rings. The standard InChI is InChI=1S/C25H26N2O4/c1-2-16-29-24-11-7-6-10-21(24)17-26-27-25(28)19-31-23-14-12-22(13-15-23)30-18-20-8-4-3-5-9-20/h3-15,17H,2,16,18-19H2,1H3,(H,27,28). The Kier molecular flexibility index (Phi) is 8.49. The van der Waals surface area contributed by atoms with Crippen LogP contribution < -0.4 is 19.6 Å². The minimum absolute atomic E-state index is 0.143. The number of nitrogens with zero attached hydrogens (tertiary/aromatic N) is 1. The molecule has 6 nitrogen and oxygen atoms in total. The summed E-state index contributed by atoms with van der Waals surface area (Å²) >= 11 is 0. The fourth-order valence-corrected chi connectivity index (χ4v) is 2.66. The van der Waals surface area contributed by atoms with Gasteiger partial charge in [-0.25, -0.2) is 5.43 Å². The topological polar surface area (TPSA) is 69.2 Å². The van der Waals surface area contributed by atoms with Gasteiger partial charge in [0.2, 0.25) is 0 Å². The van der Waals surface area contributed by atoms with Gasteiger partial charge in [0.1, 0.15) is 23.9 Å². The van der Waals surface area contributed by atoms with Gasteiger partial charge in [-0.15, -0.1) is 0 Å². The van der Waals surface area contributed by atoms with Gasteiger partial charge < -0.3 is 14.2 Å². The van der Waals surface area contributed by atoms with Crippen molar-refractivity contribution >= 4 is 12.1 Å². The lowest BCUT2D eigenvalue weighted by Gasteiger charge is -2.09. The molecule has 0 fully saturated rings. The average Bonchev–Trinajstić information content (AvgIpc) is 2.82. The van der Waals surface area contributed by atoms with Crippen molar-refractivity contribution in [3.8, 4) is 17.2 Å². The molecular formula is C25H26N2O4. The number of carbonyl (C=O) groups is 1. The summed E-state index contributed by atoms with van der Waals surface area (Å²) in [4.78, 5) is 12.0. The molecule has 160 valence electrons.